The second-order valence-corrected chi connectivity index (χ2v) is 3.15. The first-order chi connectivity index (χ1) is 6.61. The van der Waals surface area contributed by atoms with Crippen molar-refractivity contribution in [3.63, 3.8) is 0 Å². The molecule has 1 heterocycles. The SMILES string of the molecule is CCO[C@H]1[C@H](O)[C@@H](O)[C@H](O)O[C@@H]1CO. The molecular formula is C8H16O6. The molecule has 1 rings (SSSR count). The Labute approximate surface area is 81.7 Å². The van der Waals surface area contributed by atoms with Gasteiger partial charge in [-0.3, -0.25) is 0 Å². The Morgan fingerprint density at radius 3 is 2.36 bits per heavy atom. The Kier molecular flexibility index (Phi) is 4.24. The van der Waals surface area contributed by atoms with Gasteiger partial charge >= 0.3 is 0 Å². The van der Waals surface area contributed by atoms with E-state index in [4.69, 9.17) is 19.7 Å². The molecule has 0 aromatic carbocycles. The number of aliphatic hydroxyl groups is 4. The van der Waals surface area contributed by atoms with E-state index in [0.29, 0.717) is 6.61 Å². The third kappa shape index (κ3) is 2.22. The molecule has 0 radical (unpaired) electrons. The summed E-state index contributed by atoms with van der Waals surface area (Å²) < 4.78 is 9.97. The highest BCUT2D eigenvalue weighted by atomic mass is 16.6. The minimum absolute atomic E-state index is 0.324. The highest BCUT2D eigenvalue weighted by Gasteiger charge is 2.44. The maximum absolute atomic E-state index is 9.51. The van der Waals surface area contributed by atoms with E-state index < -0.39 is 30.7 Å². The molecular weight excluding hydrogens is 192 g/mol. The Hall–Kier alpha value is -0.240. The topological polar surface area (TPSA) is 99.4 Å². The Morgan fingerprint density at radius 1 is 1.21 bits per heavy atom. The van der Waals surface area contributed by atoms with E-state index in [9.17, 15) is 10.2 Å². The van der Waals surface area contributed by atoms with E-state index in [1.165, 1.54) is 0 Å². The van der Waals surface area contributed by atoms with Crippen LogP contribution >= 0.6 is 0 Å². The van der Waals surface area contributed by atoms with Crippen LogP contribution in [0.1, 0.15) is 6.92 Å². The van der Waals surface area contributed by atoms with E-state index in [-0.39, 0.29) is 6.61 Å². The Bertz CT molecular complexity index is 173. The fourth-order valence-corrected chi connectivity index (χ4v) is 1.47. The number of ether oxygens (including phenoxy) is 2. The molecule has 0 saturated carbocycles. The summed E-state index contributed by atoms with van der Waals surface area (Å²) >= 11 is 0. The lowest BCUT2D eigenvalue weighted by atomic mass is 9.99. The van der Waals surface area contributed by atoms with Crippen LogP contribution in [0.2, 0.25) is 0 Å². The third-order valence-electron chi connectivity index (χ3n) is 2.20. The number of hydrogen-bond acceptors (Lipinski definition) is 6. The summed E-state index contributed by atoms with van der Waals surface area (Å²) in [5.74, 6) is 0. The lowest BCUT2D eigenvalue weighted by Crippen LogP contribution is -2.59. The Morgan fingerprint density at radius 2 is 1.86 bits per heavy atom. The molecule has 6 nitrogen and oxygen atoms in total. The molecule has 0 bridgehead atoms. The summed E-state index contributed by atoms with van der Waals surface area (Å²) in [6.07, 6.45) is -5.78. The van der Waals surface area contributed by atoms with Gasteiger partial charge in [0.05, 0.1) is 6.61 Å². The van der Waals surface area contributed by atoms with Crippen LogP contribution < -0.4 is 0 Å². The highest BCUT2D eigenvalue weighted by molar-refractivity contribution is 4.89. The normalized spacial score (nSPS) is 43.9. The average Bonchev–Trinajstić information content (AvgIpc) is 2.19. The average molecular weight is 208 g/mol. The van der Waals surface area contributed by atoms with Gasteiger partial charge in [0.25, 0.3) is 0 Å². The maximum atomic E-state index is 9.51. The molecule has 5 atom stereocenters. The first kappa shape index (κ1) is 11.8. The number of aliphatic hydroxyl groups excluding tert-OH is 4. The summed E-state index contributed by atoms with van der Waals surface area (Å²) in [6, 6.07) is 0. The maximum Gasteiger partial charge on any atom is 0.184 e. The van der Waals surface area contributed by atoms with Gasteiger partial charge in [-0.1, -0.05) is 0 Å². The molecule has 1 fully saturated rings. The molecule has 0 aromatic heterocycles. The van der Waals surface area contributed by atoms with E-state index in [1.54, 1.807) is 6.92 Å². The van der Waals surface area contributed by atoms with Crippen molar-refractivity contribution < 1.29 is 29.9 Å². The summed E-state index contributed by atoms with van der Waals surface area (Å²) in [7, 11) is 0. The summed E-state index contributed by atoms with van der Waals surface area (Å²) in [4.78, 5) is 0. The van der Waals surface area contributed by atoms with Crippen LogP contribution in [0.3, 0.4) is 0 Å². The predicted octanol–water partition coefficient (Wildman–Crippen LogP) is -2.18. The largest absolute Gasteiger partial charge is 0.394 e. The van der Waals surface area contributed by atoms with Gasteiger partial charge in [-0.2, -0.15) is 0 Å². The second kappa shape index (κ2) is 5.01. The van der Waals surface area contributed by atoms with E-state index >= 15 is 0 Å². The molecule has 1 aliphatic heterocycles. The molecule has 1 saturated heterocycles. The van der Waals surface area contributed by atoms with Crippen molar-refractivity contribution >= 4 is 0 Å². The van der Waals surface area contributed by atoms with Crippen LogP contribution in [-0.2, 0) is 9.47 Å². The smallest absolute Gasteiger partial charge is 0.184 e. The van der Waals surface area contributed by atoms with Gasteiger partial charge in [-0.25, -0.2) is 0 Å². The molecule has 4 N–H and O–H groups in total. The quantitative estimate of drug-likeness (QED) is 0.421. The van der Waals surface area contributed by atoms with E-state index in [1.807, 2.05) is 0 Å². The molecule has 0 amide bonds. The summed E-state index contributed by atoms with van der Waals surface area (Å²) in [5, 5.41) is 36.8. The molecule has 0 aromatic rings. The monoisotopic (exact) mass is 208 g/mol. The van der Waals surface area contributed by atoms with E-state index in [2.05, 4.69) is 0 Å². The summed E-state index contributed by atoms with van der Waals surface area (Å²) in [5.41, 5.74) is 0. The lowest BCUT2D eigenvalue weighted by Gasteiger charge is -2.39. The lowest BCUT2D eigenvalue weighted by molar-refractivity contribution is -0.293. The van der Waals surface area contributed by atoms with Gasteiger partial charge < -0.3 is 29.9 Å². The van der Waals surface area contributed by atoms with Crippen molar-refractivity contribution in [2.45, 2.75) is 37.6 Å². The molecule has 0 unspecified atom stereocenters. The van der Waals surface area contributed by atoms with Gasteiger partial charge in [-0.15, -0.1) is 0 Å². The highest BCUT2D eigenvalue weighted by Crippen LogP contribution is 2.21. The van der Waals surface area contributed by atoms with Gasteiger partial charge in [0, 0.05) is 6.61 Å². The third-order valence-corrected chi connectivity index (χ3v) is 2.20. The van der Waals surface area contributed by atoms with Gasteiger partial charge in [-0.05, 0) is 6.92 Å². The van der Waals surface area contributed by atoms with Crippen molar-refractivity contribution in [3.8, 4) is 0 Å². The molecule has 84 valence electrons. The van der Waals surface area contributed by atoms with Crippen LogP contribution in [0.5, 0.6) is 0 Å². The molecule has 0 aliphatic carbocycles. The minimum Gasteiger partial charge on any atom is -0.394 e. The zero-order chi connectivity index (χ0) is 10.7. The number of rotatable bonds is 3. The number of hydrogen-bond donors (Lipinski definition) is 4. The van der Waals surface area contributed by atoms with Crippen LogP contribution in [0.25, 0.3) is 0 Å². The van der Waals surface area contributed by atoms with Crippen molar-refractivity contribution in [1.82, 2.24) is 0 Å². The van der Waals surface area contributed by atoms with Crippen molar-refractivity contribution in [1.29, 1.82) is 0 Å². The zero-order valence-corrected chi connectivity index (χ0v) is 7.91. The van der Waals surface area contributed by atoms with Crippen molar-refractivity contribution in [2.24, 2.45) is 0 Å². The van der Waals surface area contributed by atoms with Crippen molar-refractivity contribution in [2.75, 3.05) is 13.2 Å². The predicted molar refractivity (Wildman–Crippen MR) is 45.4 cm³/mol. The first-order valence-electron chi connectivity index (χ1n) is 4.54. The zero-order valence-electron chi connectivity index (χ0n) is 7.91. The van der Waals surface area contributed by atoms with Crippen LogP contribution in [-0.4, -0.2) is 64.3 Å². The van der Waals surface area contributed by atoms with Gasteiger partial charge in [0.15, 0.2) is 6.29 Å². The second-order valence-electron chi connectivity index (χ2n) is 3.15. The molecule has 6 heteroatoms. The minimum atomic E-state index is -1.49. The Balaban J connectivity index is 2.67. The van der Waals surface area contributed by atoms with Crippen LogP contribution in [0.4, 0.5) is 0 Å². The fourth-order valence-electron chi connectivity index (χ4n) is 1.47. The fraction of sp³-hybridized carbons (Fsp3) is 1.00. The molecule has 14 heavy (non-hydrogen) atoms. The summed E-state index contributed by atoms with van der Waals surface area (Å²) in [6.45, 7) is 1.66. The van der Waals surface area contributed by atoms with Gasteiger partial charge in [0.2, 0.25) is 0 Å². The first-order valence-corrected chi connectivity index (χ1v) is 4.54. The molecule has 0 spiro atoms. The molecule has 1 aliphatic rings. The van der Waals surface area contributed by atoms with Crippen molar-refractivity contribution in [3.05, 3.63) is 0 Å². The standard InChI is InChI=1S/C8H16O6/c1-2-13-7-4(3-9)14-8(12)6(11)5(7)10/h4-12H,2-3H2,1H3/t4-,5-,6-,7-,8-/m1/s1. The van der Waals surface area contributed by atoms with Gasteiger partial charge in [0.1, 0.15) is 24.4 Å². The van der Waals surface area contributed by atoms with Crippen LogP contribution in [0.15, 0.2) is 0 Å². The van der Waals surface area contributed by atoms with Crippen LogP contribution in [0, 0.1) is 0 Å². The van der Waals surface area contributed by atoms with E-state index in [0.717, 1.165) is 0 Å².